The summed E-state index contributed by atoms with van der Waals surface area (Å²) in [5.41, 5.74) is 0.438. The van der Waals surface area contributed by atoms with E-state index in [0.717, 1.165) is 11.6 Å². The van der Waals surface area contributed by atoms with Crippen LogP contribution in [0.2, 0.25) is 0 Å². The third kappa shape index (κ3) is 4.55. The average molecular weight is 320 g/mol. The molecule has 0 amide bonds. The number of aliphatic hydroxyl groups is 1. The first-order valence-corrected chi connectivity index (χ1v) is 6.96. The van der Waals surface area contributed by atoms with Crippen LogP contribution in [0.1, 0.15) is 28.4 Å². The molecule has 2 aromatic carbocycles. The van der Waals surface area contributed by atoms with Crippen molar-refractivity contribution in [3.05, 3.63) is 70.8 Å². The van der Waals surface area contributed by atoms with Gasteiger partial charge < -0.3 is 10.4 Å². The first-order valence-electron chi connectivity index (χ1n) is 6.96. The van der Waals surface area contributed by atoms with E-state index in [1.807, 2.05) is 6.07 Å². The number of rotatable bonds is 5. The summed E-state index contributed by atoms with van der Waals surface area (Å²) in [5.74, 6) is 0. The van der Waals surface area contributed by atoms with Gasteiger partial charge in [0.1, 0.15) is 0 Å². The maximum atomic E-state index is 12.9. The van der Waals surface area contributed by atoms with Crippen LogP contribution in [0.5, 0.6) is 0 Å². The fourth-order valence-electron chi connectivity index (χ4n) is 2.21. The molecular weight excluding hydrogens is 305 g/mol. The van der Waals surface area contributed by atoms with E-state index in [4.69, 9.17) is 5.26 Å². The van der Waals surface area contributed by atoms with Gasteiger partial charge in [0, 0.05) is 13.1 Å². The molecule has 0 unspecified atom stereocenters. The minimum absolute atomic E-state index is 0.00685. The smallest absolute Gasteiger partial charge is 0.387 e. The Kier molecular flexibility index (Phi) is 5.37. The van der Waals surface area contributed by atoms with Crippen LogP contribution in [0.4, 0.5) is 13.2 Å². The van der Waals surface area contributed by atoms with Crippen LogP contribution < -0.4 is 5.32 Å². The van der Waals surface area contributed by atoms with E-state index >= 15 is 0 Å². The highest BCUT2D eigenvalue weighted by Crippen LogP contribution is 2.34. The van der Waals surface area contributed by atoms with Gasteiger partial charge in [0.15, 0.2) is 0 Å². The van der Waals surface area contributed by atoms with Crippen LogP contribution in [-0.2, 0) is 12.7 Å². The van der Waals surface area contributed by atoms with Crippen LogP contribution in [0, 0.1) is 11.3 Å². The number of nitrogens with one attached hydrogen (secondary N) is 1. The molecule has 6 heteroatoms. The van der Waals surface area contributed by atoms with Gasteiger partial charge >= 0.3 is 6.18 Å². The molecule has 0 fully saturated rings. The van der Waals surface area contributed by atoms with Gasteiger partial charge in [-0.2, -0.15) is 18.4 Å². The van der Waals surface area contributed by atoms with Gasteiger partial charge in [-0.05, 0) is 29.3 Å². The van der Waals surface area contributed by atoms with Gasteiger partial charge in [-0.25, -0.2) is 0 Å². The van der Waals surface area contributed by atoms with Gasteiger partial charge in [-0.3, -0.25) is 0 Å². The molecule has 0 saturated carbocycles. The fourth-order valence-corrected chi connectivity index (χ4v) is 2.21. The standard InChI is InChI=1S/C17H15F3N2O/c18-17(19,20)15-4-2-1-3-14(15)16(23)11-22-10-13-7-5-12(9-21)6-8-13/h1-8,16,22-23H,10-11H2/t16-/m0/s1. The average Bonchev–Trinajstić information content (AvgIpc) is 2.54. The molecule has 120 valence electrons. The number of aliphatic hydroxyl groups excluding tert-OH is 1. The number of halogens is 3. The van der Waals surface area contributed by atoms with E-state index in [0.29, 0.717) is 12.1 Å². The third-order valence-electron chi connectivity index (χ3n) is 3.38. The zero-order valence-electron chi connectivity index (χ0n) is 12.1. The Morgan fingerprint density at radius 2 is 1.74 bits per heavy atom. The predicted octanol–water partition coefficient (Wildman–Crippen LogP) is 3.40. The Balaban J connectivity index is 1.97. The first kappa shape index (κ1) is 17.0. The van der Waals surface area contributed by atoms with Crippen molar-refractivity contribution in [2.75, 3.05) is 6.54 Å². The van der Waals surface area contributed by atoms with Crippen LogP contribution in [0.3, 0.4) is 0 Å². The summed E-state index contributed by atoms with van der Waals surface area (Å²) < 4.78 is 38.7. The summed E-state index contributed by atoms with van der Waals surface area (Å²) in [6, 6.07) is 13.8. The molecule has 0 radical (unpaired) electrons. The van der Waals surface area contributed by atoms with Crippen molar-refractivity contribution < 1.29 is 18.3 Å². The predicted molar refractivity (Wildman–Crippen MR) is 79.3 cm³/mol. The largest absolute Gasteiger partial charge is 0.416 e. The molecule has 0 aliphatic heterocycles. The molecule has 1 atom stereocenters. The maximum absolute atomic E-state index is 12.9. The van der Waals surface area contributed by atoms with Crippen molar-refractivity contribution in [3.63, 3.8) is 0 Å². The molecule has 0 bridgehead atoms. The van der Waals surface area contributed by atoms with Crippen LogP contribution >= 0.6 is 0 Å². The summed E-state index contributed by atoms with van der Waals surface area (Å²) in [6.07, 6.45) is -5.75. The summed E-state index contributed by atoms with van der Waals surface area (Å²) in [6.45, 7) is 0.379. The number of nitriles is 1. The molecule has 2 rings (SSSR count). The van der Waals surface area contributed by atoms with E-state index in [1.165, 1.54) is 18.2 Å². The normalized spacial score (nSPS) is 12.7. The van der Waals surface area contributed by atoms with Crippen molar-refractivity contribution in [2.45, 2.75) is 18.8 Å². The molecule has 0 aliphatic carbocycles. The highest BCUT2D eigenvalue weighted by Gasteiger charge is 2.34. The lowest BCUT2D eigenvalue weighted by molar-refractivity contribution is -0.139. The molecule has 2 N–H and O–H groups in total. The minimum Gasteiger partial charge on any atom is -0.387 e. The molecular formula is C17H15F3N2O. The lowest BCUT2D eigenvalue weighted by atomic mass is 10.0. The van der Waals surface area contributed by atoms with E-state index in [1.54, 1.807) is 24.3 Å². The zero-order chi connectivity index (χ0) is 16.9. The van der Waals surface area contributed by atoms with Crippen molar-refractivity contribution in [3.8, 4) is 6.07 Å². The molecule has 0 aromatic heterocycles. The van der Waals surface area contributed by atoms with Gasteiger partial charge in [0.25, 0.3) is 0 Å². The first-order chi connectivity index (χ1) is 10.9. The second-order valence-electron chi connectivity index (χ2n) is 5.04. The number of nitrogens with zero attached hydrogens (tertiary/aromatic N) is 1. The molecule has 0 saturated heterocycles. The molecule has 3 nitrogen and oxygen atoms in total. The molecule has 0 aliphatic rings. The van der Waals surface area contributed by atoms with Crippen molar-refractivity contribution in [1.29, 1.82) is 5.26 Å². The summed E-state index contributed by atoms with van der Waals surface area (Å²) in [4.78, 5) is 0. The van der Waals surface area contributed by atoms with Crippen LogP contribution in [0.15, 0.2) is 48.5 Å². The lowest BCUT2D eigenvalue weighted by Gasteiger charge is -2.18. The van der Waals surface area contributed by atoms with Crippen molar-refractivity contribution in [2.24, 2.45) is 0 Å². The highest BCUT2D eigenvalue weighted by molar-refractivity contribution is 5.32. The second-order valence-corrected chi connectivity index (χ2v) is 5.04. The summed E-state index contributed by atoms with van der Waals surface area (Å²) >= 11 is 0. The van der Waals surface area contributed by atoms with Crippen molar-refractivity contribution >= 4 is 0 Å². The molecule has 2 aromatic rings. The van der Waals surface area contributed by atoms with E-state index < -0.39 is 17.8 Å². The summed E-state index contributed by atoms with van der Waals surface area (Å²) in [7, 11) is 0. The van der Waals surface area contributed by atoms with Gasteiger partial charge in [-0.15, -0.1) is 0 Å². The number of hydrogen-bond donors (Lipinski definition) is 2. The third-order valence-corrected chi connectivity index (χ3v) is 3.38. The quantitative estimate of drug-likeness (QED) is 0.888. The Morgan fingerprint density at radius 1 is 1.09 bits per heavy atom. The van der Waals surface area contributed by atoms with Crippen LogP contribution in [0.25, 0.3) is 0 Å². The molecule has 23 heavy (non-hydrogen) atoms. The highest BCUT2D eigenvalue weighted by atomic mass is 19.4. The Bertz CT molecular complexity index is 690. The molecule has 0 spiro atoms. The van der Waals surface area contributed by atoms with Gasteiger partial charge in [0.05, 0.1) is 23.3 Å². The lowest BCUT2D eigenvalue weighted by Crippen LogP contribution is -2.23. The Morgan fingerprint density at radius 3 is 2.35 bits per heavy atom. The zero-order valence-corrected chi connectivity index (χ0v) is 12.1. The monoisotopic (exact) mass is 320 g/mol. The topological polar surface area (TPSA) is 56.0 Å². The Hall–Kier alpha value is -2.36. The van der Waals surface area contributed by atoms with E-state index in [9.17, 15) is 18.3 Å². The van der Waals surface area contributed by atoms with Crippen molar-refractivity contribution in [1.82, 2.24) is 5.32 Å². The molecule has 0 heterocycles. The van der Waals surface area contributed by atoms with E-state index in [-0.39, 0.29) is 12.1 Å². The minimum atomic E-state index is -4.50. The SMILES string of the molecule is N#Cc1ccc(CNC[C@H](O)c2ccccc2C(F)(F)F)cc1. The fraction of sp³-hybridized carbons (Fsp3) is 0.235. The van der Waals surface area contributed by atoms with Gasteiger partial charge in [0.2, 0.25) is 0 Å². The Labute approximate surface area is 132 Å². The van der Waals surface area contributed by atoms with Gasteiger partial charge in [-0.1, -0.05) is 30.3 Å². The van der Waals surface area contributed by atoms with Crippen LogP contribution in [-0.4, -0.2) is 11.7 Å². The summed E-state index contributed by atoms with van der Waals surface area (Å²) in [5, 5.41) is 21.6. The number of hydrogen-bond acceptors (Lipinski definition) is 3. The second kappa shape index (κ2) is 7.27. The number of benzene rings is 2. The maximum Gasteiger partial charge on any atom is 0.416 e. The number of alkyl halides is 3. The van der Waals surface area contributed by atoms with E-state index in [2.05, 4.69) is 5.32 Å².